The van der Waals surface area contributed by atoms with E-state index >= 15 is 0 Å². The Morgan fingerprint density at radius 1 is 1.44 bits per heavy atom. The fraction of sp³-hybridized carbons (Fsp3) is 0.0909. The van der Waals surface area contributed by atoms with Gasteiger partial charge in [-0.25, -0.2) is 4.39 Å². The molecular weight excluding hydrogens is 280 g/mol. The molecule has 92 valence electrons. The van der Waals surface area contributed by atoms with Crippen LogP contribution in [0, 0.1) is 17.1 Å². The molecule has 7 heteroatoms. The summed E-state index contributed by atoms with van der Waals surface area (Å²) in [5.41, 5.74) is 0.0356. The van der Waals surface area contributed by atoms with Crippen molar-refractivity contribution in [2.24, 2.45) is 0 Å². The molecule has 1 aromatic carbocycles. The quantitative estimate of drug-likeness (QED) is 0.855. The maximum absolute atomic E-state index is 13.8. The Labute approximate surface area is 112 Å². The number of nitrogens with one attached hydrogen (secondary N) is 1. The second kappa shape index (κ2) is 4.84. The zero-order valence-electron chi connectivity index (χ0n) is 9.09. The van der Waals surface area contributed by atoms with E-state index in [1.165, 1.54) is 12.1 Å². The molecule has 2 aromatic rings. The number of halogens is 3. The molecule has 0 radical (unpaired) electrons. The van der Waals surface area contributed by atoms with E-state index in [4.69, 9.17) is 32.9 Å². The molecule has 0 fully saturated rings. The molecule has 0 saturated carbocycles. The number of oxazole rings is 1. The van der Waals surface area contributed by atoms with Crippen LogP contribution in [0.2, 0.25) is 10.0 Å². The minimum Gasteiger partial charge on any atom is -0.419 e. The molecule has 4 nitrogen and oxygen atoms in total. The second-order valence-electron chi connectivity index (χ2n) is 3.31. The van der Waals surface area contributed by atoms with E-state index in [1.54, 1.807) is 7.05 Å². The van der Waals surface area contributed by atoms with Crippen molar-refractivity contribution in [3.8, 4) is 17.5 Å². The van der Waals surface area contributed by atoms with Crippen LogP contribution < -0.4 is 5.32 Å². The van der Waals surface area contributed by atoms with Gasteiger partial charge in [0.2, 0.25) is 17.5 Å². The fourth-order valence-electron chi connectivity index (χ4n) is 1.39. The third-order valence-electron chi connectivity index (χ3n) is 2.18. The predicted molar refractivity (Wildman–Crippen MR) is 66.2 cm³/mol. The molecule has 0 spiro atoms. The predicted octanol–water partition coefficient (Wildman–Crippen LogP) is 3.70. The first-order valence-electron chi connectivity index (χ1n) is 4.80. The minimum atomic E-state index is -0.700. The van der Waals surface area contributed by atoms with Gasteiger partial charge < -0.3 is 9.73 Å². The molecule has 2 rings (SSSR count). The van der Waals surface area contributed by atoms with Crippen molar-refractivity contribution in [1.82, 2.24) is 4.98 Å². The highest BCUT2D eigenvalue weighted by Crippen LogP contribution is 2.32. The highest BCUT2D eigenvalue weighted by atomic mass is 35.5. The number of hydrogen-bond acceptors (Lipinski definition) is 4. The molecule has 18 heavy (non-hydrogen) atoms. The molecule has 1 heterocycles. The first-order chi connectivity index (χ1) is 8.56. The molecule has 1 N–H and O–H groups in total. The third-order valence-corrected chi connectivity index (χ3v) is 2.68. The van der Waals surface area contributed by atoms with Gasteiger partial charge in [0.05, 0.1) is 10.6 Å². The number of benzene rings is 1. The Hall–Kier alpha value is -1.77. The number of nitriles is 1. The van der Waals surface area contributed by atoms with Crippen LogP contribution in [-0.2, 0) is 0 Å². The van der Waals surface area contributed by atoms with Gasteiger partial charge in [0.1, 0.15) is 6.07 Å². The van der Waals surface area contributed by atoms with E-state index in [-0.39, 0.29) is 33.1 Å². The van der Waals surface area contributed by atoms with Crippen LogP contribution in [0.4, 0.5) is 10.3 Å². The lowest BCUT2D eigenvalue weighted by Crippen LogP contribution is -1.87. The lowest BCUT2D eigenvalue weighted by atomic mass is 10.2. The van der Waals surface area contributed by atoms with E-state index in [0.29, 0.717) is 0 Å². The van der Waals surface area contributed by atoms with Gasteiger partial charge in [0.25, 0.3) is 0 Å². The summed E-state index contributed by atoms with van der Waals surface area (Å²) >= 11 is 11.5. The molecule has 0 aliphatic carbocycles. The van der Waals surface area contributed by atoms with Crippen LogP contribution >= 0.6 is 23.2 Å². The average molecular weight is 286 g/mol. The van der Waals surface area contributed by atoms with Crippen LogP contribution in [0.5, 0.6) is 0 Å². The molecule has 0 aliphatic rings. The van der Waals surface area contributed by atoms with Gasteiger partial charge in [-0.1, -0.05) is 23.2 Å². The van der Waals surface area contributed by atoms with E-state index in [2.05, 4.69) is 10.3 Å². The summed E-state index contributed by atoms with van der Waals surface area (Å²) in [6, 6.07) is 4.43. The lowest BCUT2D eigenvalue weighted by molar-refractivity contribution is 0.574. The number of nitrogens with zero attached hydrogens (tertiary/aromatic N) is 2. The summed E-state index contributed by atoms with van der Waals surface area (Å²) in [6.45, 7) is 0. The molecule has 0 amide bonds. The van der Waals surface area contributed by atoms with Gasteiger partial charge in [-0.15, -0.1) is 0 Å². The first-order valence-corrected chi connectivity index (χ1v) is 5.56. The SMILES string of the molecule is CNc1oc(-c2cc(Cl)cc(Cl)c2F)nc1C#N. The van der Waals surface area contributed by atoms with Crippen molar-refractivity contribution in [3.05, 3.63) is 33.7 Å². The maximum atomic E-state index is 13.8. The summed E-state index contributed by atoms with van der Waals surface area (Å²) < 4.78 is 19.1. The normalized spacial score (nSPS) is 10.2. The highest BCUT2D eigenvalue weighted by molar-refractivity contribution is 6.35. The summed E-state index contributed by atoms with van der Waals surface area (Å²) in [5, 5.41) is 11.6. The molecule has 0 aliphatic heterocycles. The van der Waals surface area contributed by atoms with Crippen molar-refractivity contribution in [2.45, 2.75) is 0 Å². The lowest BCUT2D eigenvalue weighted by Gasteiger charge is -2.01. The fourth-order valence-corrected chi connectivity index (χ4v) is 1.89. The van der Waals surface area contributed by atoms with E-state index in [9.17, 15) is 4.39 Å². The summed E-state index contributed by atoms with van der Waals surface area (Å²) in [6.07, 6.45) is 0. The van der Waals surface area contributed by atoms with Gasteiger partial charge in [-0.2, -0.15) is 10.2 Å². The number of aromatic nitrogens is 1. The van der Waals surface area contributed by atoms with Gasteiger partial charge >= 0.3 is 0 Å². The molecule has 0 atom stereocenters. The molecular formula is C11H6Cl2FN3O. The Bertz CT molecular complexity index is 648. The highest BCUT2D eigenvalue weighted by Gasteiger charge is 2.18. The zero-order valence-corrected chi connectivity index (χ0v) is 10.6. The van der Waals surface area contributed by atoms with Crippen LogP contribution in [0.25, 0.3) is 11.5 Å². The van der Waals surface area contributed by atoms with Gasteiger partial charge in [-0.05, 0) is 12.1 Å². The zero-order chi connectivity index (χ0) is 13.3. The van der Waals surface area contributed by atoms with Crippen molar-refractivity contribution >= 4 is 29.1 Å². The smallest absolute Gasteiger partial charge is 0.233 e. The van der Waals surface area contributed by atoms with Crippen LogP contribution in [0.3, 0.4) is 0 Å². The van der Waals surface area contributed by atoms with Crippen molar-refractivity contribution in [3.63, 3.8) is 0 Å². The first kappa shape index (κ1) is 12.7. The van der Waals surface area contributed by atoms with E-state index in [1.807, 2.05) is 6.07 Å². The second-order valence-corrected chi connectivity index (χ2v) is 4.15. The average Bonchev–Trinajstić information content (AvgIpc) is 2.76. The molecule has 0 unspecified atom stereocenters. The largest absolute Gasteiger partial charge is 0.419 e. The number of rotatable bonds is 2. The minimum absolute atomic E-state index is 0.00509. The topological polar surface area (TPSA) is 61.9 Å². The van der Waals surface area contributed by atoms with Crippen molar-refractivity contribution in [2.75, 3.05) is 12.4 Å². The standard InChI is InChI=1S/C11H6Cl2FN3O/c1-16-11-8(4-15)17-10(18-11)6-2-5(12)3-7(13)9(6)14/h2-3,16H,1H3. The van der Waals surface area contributed by atoms with E-state index in [0.717, 1.165) is 0 Å². The number of hydrogen-bond donors (Lipinski definition) is 1. The molecule has 1 aromatic heterocycles. The number of anilines is 1. The van der Waals surface area contributed by atoms with Crippen molar-refractivity contribution in [1.29, 1.82) is 5.26 Å². The van der Waals surface area contributed by atoms with Crippen LogP contribution in [-0.4, -0.2) is 12.0 Å². The van der Waals surface area contributed by atoms with Gasteiger partial charge in [-0.3, -0.25) is 0 Å². The maximum Gasteiger partial charge on any atom is 0.233 e. The van der Waals surface area contributed by atoms with E-state index < -0.39 is 5.82 Å². The van der Waals surface area contributed by atoms with Crippen molar-refractivity contribution < 1.29 is 8.81 Å². The van der Waals surface area contributed by atoms with Gasteiger partial charge in [0.15, 0.2) is 5.82 Å². The monoisotopic (exact) mass is 285 g/mol. The summed E-state index contributed by atoms with van der Waals surface area (Å²) in [7, 11) is 1.56. The Morgan fingerprint density at radius 2 is 2.17 bits per heavy atom. The third kappa shape index (κ3) is 2.13. The Balaban J connectivity index is 2.63. The summed E-state index contributed by atoms with van der Waals surface area (Å²) in [5.74, 6) is -0.602. The summed E-state index contributed by atoms with van der Waals surface area (Å²) in [4.78, 5) is 3.87. The molecule has 0 bridgehead atoms. The Kier molecular flexibility index (Phi) is 3.41. The molecule has 0 saturated heterocycles. The van der Waals surface area contributed by atoms with Crippen LogP contribution in [0.15, 0.2) is 16.5 Å². The van der Waals surface area contributed by atoms with Gasteiger partial charge in [0, 0.05) is 12.1 Å². The Morgan fingerprint density at radius 3 is 2.72 bits per heavy atom. The van der Waals surface area contributed by atoms with Crippen LogP contribution in [0.1, 0.15) is 5.69 Å².